The van der Waals surface area contributed by atoms with Crippen LogP contribution in [-0.2, 0) is 9.53 Å². The van der Waals surface area contributed by atoms with Gasteiger partial charge in [0.05, 0.1) is 12.6 Å². The summed E-state index contributed by atoms with van der Waals surface area (Å²) in [6.45, 7) is 1.62. The molecule has 0 fully saturated rings. The highest BCUT2D eigenvalue weighted by Gasteiger charge is 2.28. The van der Waals surface area contributed by atoms with Gasteiger partial charge in [-0.25, -0.2) is 9.18 Å². The van der Waals surface area contributed by atoms with Crippen molar-refractivity contribution in [1.82, 2.24) is 0 Å². The summed E-state index contributed by atoms with van der Waals surface area (Å²) in [7, 11) is 0. The van der Waals surface area contributed by atoms with Crippen LogP contribution in [0.25, 0.3) is 0 Å². The zero-order valence-corrected chi connectivity index (χ0v) is 10.5. The van der Waals surface area contributed by atoms with Crippen molar-refractivity contribution in [3.8, 4) is 11.5 Å². The zero-order valence-electron chi connectivity index (χ0n) is 9.67. The standard InChI is InChI=1S/C11H14FNO4.ClH/c1-2-17-11(16)9(12)10(13)6-3-4-7(14)8(15)5-6;/h3-5,9-10,14-15H,2,13H2,1H3;1H/t9?,10-;/m0./s1. The predicted octanol–water partition coefficient (Wildman–Crippen LogP) is 1.42. The molecule has 1 aromatic rings. The van der Waals surface area contributed by atoms with Crippen molar-refractivity contribution in [1.29, 1.82) is 0 Å². The third kappa shape index (κ3) is 3.75. The lowest BCUT2D eigenvalue weighted by atomic mass is 10.0. The Morgan fingerprint density at radius 1 is 1.44 bits per heavy atom. The molecule has 0 heterocycles. The van der Waals surface area contributed by atoms with E-state index in [0.717, 1.165) is 6.07 Å². The highest BCUT2D eigenvalue weighted by molar-refractivity contribution is 5.85. The fraction of sp³-hybridized carbons (Fsp3) is 0.364. The van der Waals surface area contributed by atoms with Gasteiger partial charge in [-0.2, -0.15) is 0 Å². The first-order chi connectivity index (χ1) is 7.97. The lowest BCUT2D eigenvalue weighted by Crippen LogP contribution is -2.31. The molecular weight excluding hydrogens is 265 g/mol. The molecule has 0 saturated carbocycles. The lowest BCUT2D eigenvalue weighted by molar-refractivity contribution is -0.149. The number of halogens is 2. The van der Waals surface area contributed by atoms with Crippen molar-refractivity contribution in [3.63, 3.8) is 0 Å². The van der Waals surface area contributed by atoms with Gasteiger partial charge in [0.1, 0.15) is 0 Å². The van der Waals surface area contributed by atoms with Gasteiger partial charge in [-0.3, -0.25) is 0 Å². The molecule has 2 atom stereocenters. The number of nitrogens with two attached hydrogens (primary N) is 1. The molecular formula is C11H15ClFNO4. The Morgan fingerprint density at radius 2 is 2.06 bits per heavy atom. The van der Waals surface area contributed by atoms with Gasteiger partial charge in [0.25, 0.3) is 0 Å². The number of carbonyl (C=O) groups is 1. The maximum absolute atomic E-state index is 13.6. The van der Waals surface area contributed by atoms with Crippen molar-refractivity contribution in [2.75, 3.05) is 6.61 Å². The number of rotatable bonds is 4. The van der Waals surface area contributed by atoms with E-state index in [4.69, 9.17) is 10.8 Å². The van der Waals surface area contributed by atoms with Gasteiger partial charge in [0.2, 0.25) is 6.17 Å². The summed E-state index contributed by atoms with van der Waals surface area (Å²) < 4.78 is 18.0. The van der Waals surface area contributed by atoms with Gasteiger partial charge in [0, 0.05) is 0 Å². The van der Waals surface area contributed by atoms with E-state index in [1.54, 1.807) is 6.92 Å². The Kier molecular flexibility index (Phi) is 6.43. The molecule has 0 saturated heterocycles. The van der Waals surface area contributed by atoms with Crippen LogP contribution in [-0.4, -0.2) is 29.0 Å². The van der Waals surface area contributed by atoms with Crippen LogP contribution in [0.3, 0.4) is 0 Å². The minimum Gasteiger partial charge on any atom is -0.504 e. The van der Waals surface area contributed by atoms with Crippen molar-refractivity contribution in [2.24, 2.45) is 5.73 Å². The molecule has 0 bridgehead atoms. The normalized spacial score (nSPS) is 13.3. The lowest BCUT2D eigenvalue weighted by Gasteiger charge is -2.16. The second-order valence-electron chi connectivity index (χ2n) is 3.43. The van der Waals surface area contributed by atoms with Gasteiger partial charge in [-0.15, -0.1) is 12.4 Å². The summed E-state index contributed by atoms with van der Waals surface area (Å²) in [6.07, 6.45) is -2.01. The number of ether oxygens (including phenoxy) is 1. The number of hydrogen-bond donors (Lipinski definition) is 3. The van der Waals surface area contributed by atoms with E-state index in [2.05, 4.69) is 4.74 Å². The number of alkyl halides is 1. The molecule has 1 unspecified atom stereocenters. The van der Waals surface area contributed by atoms with Crippen LogP contribution in [0.2, 0.25) is 0 Å². The van der Waals surface area contributed by atoms with Gasteiger partial charge >= 0.3 is 5.97 Å². The molecule has 5 nitrogen and oxygen atoms in total. The molecule has 1 aromatic carbocycles. The Bertz CT molecular complexity index is 416. The van der Waals surface area contributed by atoms with Crippen LogP contribution < -0.4 is 5.73 Å². The van der Waals surface area contributed by atoms with Crippen LogP contribution in [0.15, 0.2) is 18.2 Å². The fourth-order valence-electron chi connectivity index (χ4n) is 1.29. The minimum absolute atomic E-state index is 0. The molecule has 0 aliphatic heterocycles. The van der Waals surface area contributed by atoms with E-state index in [1.165, 1.54) is 12.1 Å². The summed E-state index contributed by atoms with van der Waals surface area (Å²) in [4.78, 5) is 11.1. The zero-order chi connectivity index (χ0) is 13.0. The molecule has 0 aliphatic carbocycles. The number of aromatic hydroxyl groups is 2. The van der Waals surface area contributed by atoms with Crippen molar-refractivity contribution in [2.45, 2.75) is 19.1 Å². The van der Waals surface area contributed by atoms with Crippen molar-refractivity contribution >= 4 is 18.4 Å². The Balaban J connectivity index is 0.00000289. The van der Waals surface area contributed by atoms with Gasteiger partial charge in [0.15, 0.2) is 11.5 Å². The number of hydrogen-bond acceptors (Lipinski definition) is 5. The maximum Gasteiger partial charge on any atom is 0.342 e. The topological polar surface area (TPSA) is 92.8 Å². The van der Waals surface area contributed by atoms with Crippen LogP contribution in [0.1, 0.15) is 18.5 Å². The monoisotopic (exact) mass is 279 g/mol. The number of carbonyl (C=O) groups excluding carboxylic acids is 1. The number of benzene rings is 1. The molecule has 0 aliphatic rings. The number of esters is 1. The third-order valence-corrected chi connectivity index (χ3v) is 2.21. The Morgan fingerprint density at radius 3 is 2.56 bits per heavy atom. The molecule has 7 heteroatoms. The van der Waals surface area contributed by atoms with E-state index in [0.29, 0.717) is 0 Å². The summed E-state index contributed by atoms with van der Waals surface area (Å²) in [5, 5.41) is 18.3. The van der Waals surface area contributed by atoms with Gasteiger partial charge in [-0.05, 0) is 24.6 Å². The maximum atomic E-state index is 13.6. The van der Waals surface area contributed by atoms with Gasteiger partial charge in [-0.1, -0.05) is 6.07 Å². The summed E-state index contributed by atoms with van der Waals surface area (Å²) >= 11 is 0. The highest BCUT2D eigenvalue weighted by Crippen LogP contribution is 2.28. The minimum atomic E-state index is -2.01. The van der Waals surface area contributed by atoms with E-state index in [9.17, 15) is 14.3 Å². The second kappa shape index (κ2) is 7.03. The molecule has 0 spiro atoms. The molecule has 4 N–H and O–H groups in total. The summed E-state index contributed by atoms with van der Waals surface area (Å²) in [5.74, 6) is -1.81. The summed E-state index contributed by atoms with van der Waals surface area (Å²) in [6, 6.07) is 2.35. The van der Waals surface area contributed by atoms with Crippen LogP contribution in [0.5, 0.6) is 11.5 Å². The molecule has 18 heavy (non-hydrogen) atoms. The molecule has 0 amide bonds. The van der Waals surface area contributed by atoms with E-state index in [1.807, 2.05) is 0 Å². The first kappa shape index (κ1) is 16.5. The quantitative estimate of drug-likeness (QED) is 0.572. The van der Waals surface area contributed by atoms with Crippen LogP contribution >= 0.6 is 12.4 Å². The number of phenolic OH excluding ortho intramolecular Hbond substituents is 2. The molecule has 102 valence electrons. The molecule has 1 rings (SSSR count). The largest absolute Gasteiger partial charge is 0.504 e. The second-order valence-corrected chi connectivity index (χ2v) is 3.43. The summed E-state index contributed by atoms with van der Waals surface area (Å²) in [5.41, 5.74) is 5.72. The highest BCUT2D eigenvalue weighted by atomic mass is 35.5. The van der Waals surface area contributed by atoms with Crippen LogP contribution in [0, 0.1) is 0 Å². The first-order valence-corrected chi connectivity index (χ1v) is 5.05. The molecule has 0 radical (unpaired) electrons. The van der Waals surface area contributed by atoms with Gasteiger partial charge < -0.3 is 20.7 Å². The first-order valence-electron chi connectivity index (χ1n) is 5.05. The Hall–Kier alpha value is -1.53. The smallest absolute Gasteiger partial charge is 0.342 e. The fourth-order valence-corrected chi connectivity index (χ4v) is 1.29. The Labute approximate surface area is 110 Å². The van der Waals surface area contributed by atoms with E-state index < -0.39 is 23.9 Å². The van der Waals surface area contributed by atoms with Crippen molar-refractivity contribution in [3.05, 3.63) is 23.8 Å². The van der Waals surface area contributed by atoms with Crippen LogP contribution in [0.4, 0.5) is 4.39 Å². The third-order valence-electron chi connectivity index (χ3n) is 2.21. The average Bonchev–Trinajstić information content (AvgIpc) is 2.31. The molecule has 0 aromatic heterocycles. The van der Waals surface area contributed by atoms with Crippen molar-refractivity contribution < 1.29 is 24.1 Å². The SMILES string of the molecule is CCOC(=O)C(F)[C@@H](N)c1ccc(O)c(O)c1.Cl. The average molecular weight is 280 g/mol. The number of phenols is 2. The predicted molar refractivity (Wildman–Crippen MR) is 65.5 cm³/mol. The van der Waals surface area contributed by atoms with E-state index in [-0.39, 0.29) is 30.3 Å². The van der Waals surface area contributed by atoms with E-state index >= 15 is 0 Å².